The van der Waals surface area contributed by atoms with E-state index in [1.54, 1.807) is 36.4 Å². The molecule has 6 heteroatoms. The fourth-order valence-electron chi connectivity index (χ4n) is 4.78. The topological polar surface area (TPSA) is 72.5 Å². The van der Waals surface area contributed by atoms with Gasteiger partial charge >= 0.3 is 5.97 Å². The van der Waals surface area contributed by atoms with E-state index in [0.717, 1.165) is 19.3 Å². The maximum atomic E-state index is 13.1. The highest BCUT2D eigenvalue weighted by atomic mass is 35.5. The molecule has 2 aliphatic carbocycles. The number of carbonyl (C=O) groups is 3. The highest BCUT2D eigenvalue weighted by Crippen LogP contribution is 2.53. The van der Waals surface area contributed by atoms with Crippen LogP contribution in [0.3, 0.4) is 0 Å². The van der Waals surface area contributed by atoms with Gasteiger partial charge in [-0.05, 0) is 43.2 Å². The number of rotatable bonds is 6. The Morgan fingerprint density at radius 3 is 2.31 bits per heavy atom. The Bertz CT molecular complexity index is 929. The number of Topliss-reactive ketones (excluding diaryl/α,β-unsaturated/α-hetero) is 1. The highest BCUT2D eigenvalue weighted by Gasteiger charge is 2.54. The van der Waals surface area contributed by atoms with Gasteiger partial charge in [0.2, 0.25) is 0 Å². The first-order valence-electron chi connectivity index (χ1n) is 9.85. The Balaban J connectivity index is 1.41. The van der Waals surface area contributed by atoms with Gasteiger partial charge in [-0.25, -0.2) is 0 Å². The summed E-state index contributed by atoms with van der Waals surface area (Å²) in [6.45, 7) is -0.399. The molecule has 0 aromatic heterocycles. The normalized spacial score (nSPS) is 24.9. The smallest absolute Gasteiger partial charge is 0.310 e. The number of carbonyl (C=O) groups excluding carboxylic acids is 3. The van der Waals surface area contributed by atoms with Gasteiger partial charge in [0.25, 0.3) is 5.91 Å². The van der Waals surface area contributed by atoms with Gasteiger partial charge in [0, 0.05) is 11.5 Å². The van der Waals surface area contributed by atoms with E-state index in [0.29, 0.717) is 16.3 Å². The molecule has 1 N–H and O–H groups in total. The minimum absolute atomic E-state index is 0.000249. The molecule has 5 nitrogen and oxygen atoms in total. The third kappa shape index (κ3) is 4.06. The van der Waals surface area contributed by atoms with Crippen molar-refractivity contribution in [1.29, 1.82) is 0 Å². The lowest BCUT2D eigenvalue weighted by molar-refractivity contribution is -0.154. The summed E-state index contributed by atoms with van der Waals surface area (Å²) in [7, 11) is 0. The van der Waals surface area contributed by atoms with Gasteiger partial charge in [-0.2, -0.15) is 0 Å². The van der Waals surface area contributed by atoms with Crippen LogP contribution in [0, 0.1) is 23.7 Å². The van der Waals surface area contributed by atoms with E-state index in [2.05, 4.69) is 5.32 Å². The van der Waals surface area contributed by atoms with Crippen molar-refractivity contribution < 1.29 is 19.1 Å². The van der Waals surface area contributed by atoms with Crippen LogP contribution in [0.15, 0.2) is 54.6 Å². The molecule has 2 saturated carbocycles. The standard InChI is InChI=1S/C23H22ClNO4/c24-17-8-4-5-9-18(17)25-19(26)13-29-23(28)21-16-11-10-15(12-16)20(21)22(27)14-6-2-1-3-7-14/h1-9,15-16,20-21H,10-13H2,(H,25,26)/t15-,16+,20-,21+/m1/s1. The molecule has 2 bridgehead atoms. The number of ether oxygens (including phenoxy) is 1. The Hall–Kier alpha value is -2.66. The summed E-state index contributed by atoms with van der Waals surface area (Å²) in [5.74, 6) is -1.40. The van der Waals surface area contributed by atoms with Gasteiger partial charge in [-0.3, -0.25) is 14.4 Å². The van der Waals surface area contributed by atoms with Gasteiger partial charge in [0.15, 0.2) is 12.4 Å². The average molecular weight is 412 g/mol. The Labute approximate surface area is 174 Å². The zero-order chi connectivity index (χ0) is 20.4. The molecule has 4 atom stereocenters. The van der Waals surface area contributed by atoms with Gasteiger partial charge in [-0.15, -0.1) is 0 Å². The summed E-state index contributed by atoms with van der Waals surface area (Å²) < 4.78 is 5.32. The van der Waals surface area contributed by atoms with Crippen molar-refractivity contribution in [2.24, 2.45) is 23.7 Å². The Kier molecular flexibility index (Phi) is 5.67. The van der Waals surface area contributed by atoms with Crippen LogP contribution in [0.2, 0.25) is 5.02 Å². The number of para-hydroxylation sites is 1. The third-order valence-corrected chi connectivity index (χ3v) is 6.37. The predicted molar refractivity (Wildman–Crippen MR) is 110 cm³/mol. The third-order valence-electron chi connectivity index (χ3n) is 6.04. The van der Waals surface area contributed by atoms with Crippen molar-refractivity contribution in [3.8, 4) is 0 Å². The molecule has 1 amide bonds. The number of fused-ring (bicyclic) bond motifs is 2. The van der Waals surface area contributed by atoms with Crippen molar-refractivity contribution >= 4 is 34.9 Å². The number of ketones is 1. The lowest BCUT2D eigenvalue weighted by atomic mass is 9.75. The molecule has 0 aliphatic heterocycles. The SMILES string of the molecule is O=C(COC(=O)[C@H]1[C@H]2CC[C@H](C2)[C@H]1C(=O)c1ccccc1)Nc1ccccc1Cl. The predicted octanol–water partition coefficient (Wildman–Crippen LogP) is 4.37. The van der Waals surface area contributed by atoms with Crippen molar-refractivity contribution in [3.05, 3.63) is 65.2 Å². The van der Waals surface area contributed by atoms with Crippen molar-refractivity contribution in [2.45, 2.75) is 19.3 Å². The first-order chi connectivity index (χ1) is 14.0. The second-order valence-corrected chi connectivity index (χ2v) is 8.16. The van der Waals surface area contributed by atoms with Gasteiger partial charge in [0.1, 0.15) is 0 Å². The Morgan fingerprint density at radius 2 is 1.59 bits per heavy atom. The fourth-order valence-corrected chi connectivity index (χ4v) is 4.97. The highest BCUT2D eigenvalue weighted by molar-refractivity contribution is 6.33. The van der Waals surface area contributed by atoms with E-state index in [4.69, 9.17) is 16.3 Å². The number of esters is 1. The first kappa shape index (κ1) is 19.6. The lowest BCUT2D eigenvalue weighted by Gasteiger charge is -2.28. The number of amides is 1. The zero-order valence-corrected chi connectivity index (χ0v) is 16.6. The molecule has 29 heavy (non-hydrogen) atoms. The lowest BCUT2D eigenvalue weighted by Crippen LogP contribution is -2.37. The molecule has 0 unspecified atom stereocenters. The first-order valence-corrected chi connectivity index (χ1v) is 10.2. The number of anilines is 1. The molecular formula is C23H22ClNO4. The van der Waals surface area contributed by atoms with E-state index in [1.807, 2.05) is 18.2 Å². The van der Waals surface area contributed by atoms with Crippen LogP contribution in [0.25, 0.3) is 0 Å². The minimum atomic E-state index is -0.477. The molecule has 0 saturated heterocycles. The number of benzene rings is 2. The van der Waals surface area contributed by atoms with Gasteiger partial charge in [0.05, 0.1) is 16.6 Å². The molecule has 0 heterocycles. The molecule has 0 radical (unpaired) electrons. The van der Waals surface area contributed by atoms with Crippen molar-refractivity contribution in [3.63, 3.8) is 0 Å². The van der Waals surface area contributed by atoms with Crippen molar-refractivity contribution in [2.75, 3.05) is 11.9 Å². The minimum Gasteiger partial charge on any atom is -0.455 e. The molecule has 2 aromatic rings. The van der Waals surface area contributed by atoms with E-state index < -0.39 is 24.4 Å². The average Bonchev–Trinajstić information content (AvgIpc) is 3.35. The van der Waals surface area contributed by atoms with Crippen LogP contribution >= 0.6 is 11.6 Å². The van der Waals surface area contributed by atoms with E-state index in [-0.39, 0.29) is 23.5 Å². The molecule has 0 spiro atoms. The number of hydrogen-bond acceptors (Lipinski definition) is 4. The monoisotopic (exact) mass is 411 g/mol. The maximum absolute atomic E-state index is 13.1. The molecule has 2 aliphatic rings. The number of nitrogens with one attached hydrogen (secondary N) is 1. The molecule has 4 rings (SSSR count). The fraction of sp³-hybridized carbons (Fsp3) is 0.348. The molecule has 150 valence electrons. The summed E-state index contributed by atoms with van der Waals surface area (Å²) in [6.07, 6.45) is 2.76. The van der Waals surface area contributed by atoms with E-state index in [1.165, 1.54) is 0 Å². The van der Waals surface area contributed by atoms with Gasteiger partial charge in [-0.1, -0.05) is 54.1 Å². The second-order valence-electron chi connectivity index (χ2n) is 7.75. The zero-order valence-electron chi connectivity index (χ0n) is 15.8. The molecule has 2 aromatic carbocycles. The van der Waals surface area contributed by atoms with E-state index in [9.17, 15) is 14.4 Å². The summed E-state index contributed by atoms with van der Waals surface area (Å²) in [5, 5.41) is 3.05. The summed E-state index contributed by atoms with van der Waals surface area (Å²) in [6, 6.07) is 15.9. The van der Waals surface area contributed by atoms with Crippen LogP contribution in [-0.2, 0) is 14.3 Å². The summed E-state index contributed by atoms with van der Waals surface area (Å²) in [4.78, 5) is 38.1. The van der Waals surface area contributed by atoms with Crippen LogP contribution in [0.5, 0.6) is 0 Å². The largest absolute Gasteiger partial charge is 0.455 e. The molecular weight excluding hydrogens is 390 g/mol. The maximum Gasteiger partial charge on any atom is 0.310 e. The number of halogens is 1. The quantitative estimate of drug-likeness (QED) is 0.566. The van der Waals surface area contributed by atoms with Crippen LogP contribution in [0.1, 0.15) is 29.6 Å². The second kappa shape index (κ2) is 8.37. The molecule has 2 fully saturated rings. The Morgan fingerprint density at radius 1 is 0.931 bits per heavy atom. The number of hydrogen-bond donors (Lipinski definition) is 1. The summed E-state index contributed by atoms with van der Waals surface area (Å²) in [5.41, 5.74) is 1.09. The summed E-state index contributed by atoms with van der Waals surface area (Å²) >= 11 is 6.03. The van der Waals surface area contributed by atoms with Crippen LogP contribution < -0.4 is 5.32 Å². The van der Waals surface area contributed by atoms with Crippen molar-refractivity contribution in [1.82, 2.24) is 0 Å². The van der Waals surface area contributed by atoms with E-state index >= 15 is 0 Å². The van der Waals surface area contributed by atoms with Crippen LogP contribution in [0.4, 0.5) is 5.69 Å². The van der Waals surface area contributed by atoms with Gasteiger partial charge < -0.3 is 10.1 Å². The van der Waals surface area contributed by atoms with Crippen LogP contribution in [-0.4, -0.2) is 24.3 Å².